The number of imidazole rings is 1. The van der Waals surface area contributed by atoms with Crippen LogP contribution >= 0.6 is 0 Å². The maximum atomic E-state index is 13.3. The van der Waals surface area contributed by atoms with Gasteiger partial charge >= 0.3 is 12.0 Å². The molecule has 2 aromatic heterocycles. The first kappa shape index (κ1) is 29.5. The monoisotopic (exact) mass is 505 g/mol. The van der Waals surface area contributed by atoms with Crippen LogP contribution in [-0.2, 0) is 9.53 Å². The molecular formula is C26H40FN5O4. The van der Waals surface area contributed by atoms with Gasteiger partial charge in [0.25, 0.3) is 0 Å². The molecule has 2 aromatic rings. The average molecular weight is 506 g/mol. The Morgan fingerprint density at radius 1 is 1.19 bits per heavy atom. The quantitative estimate of drug-likeness (QED) is 0.185. The molecule has 2 unspecified atom stereocenters. The van der Waals surface area contributed by atoms with Crippen LogP contribution in [0.2, 0.25) is 0 Å². The lowest BCUT2D eigenvalue weighted by molar-refractivity contribution is -0.137. The Morgan fingerprint density at radius 3 is 2.33 bits per heavy atom. The maximum Gasteiger partial charge on any atom is 0.312 e. The van der Waals surface area contributed by atoms with E-state index >= 15 is 0 Å². The number of hydrogen-bond donors (Lipinski definition) is 3. The van der Waals surface area contributed by atoms with Gasteiger partial charge in [-0.1, -0.05) is 77.1 Å². The van der Waals surface area contributed by atoms with Crippen LogP contribution in [0, 0.1) is 18.4 Å². The Kier molecular flexibility index (Phi) is 12.6. The molecular weight excluding hydrogens is 465 g/mol. The number of halogens is 1. The number of aliphatic carboxylic acids is 1. The average Bonchev–Trinajstić information content (AvgIpc) is 3.48. The molecule has 9 nitrogen and oxygen atoms in total. The van der Waals surface area contributed by atoms with E-state index < -0.39 is 23.9 Å². The minimum atomic E-state index is -1.02. The number of nitrogens with two attached hydrogens (primary N) is 1. The summed E-state index contributed by atoms with van der Waals surface area (Å²) < 4.78 is 20.5. The molecule has 200 valence electrons. The Morgan fingerprint density at radius 2 is 1.81 bits per heavy atom. The summed E-state index contributed by atoms with van der Waals surface area (Å²) in [4.78, 5) is 21.4. The van der Waals surface area contributed by atoms with Crippen molar-refractivity contribution in [1.29, 1.82) is 0 Å². The van der Waals surface area contributed by atoms with Gasteiger partial charge in [0.1, 0.15) is 6.23 Å². The third kappa shape index (κ3) is 9.03. The van der Waals surface area contributed by atoms with Crippen molar-refractivity contribution in [3.05, 3.63) is 12.4 Å². The molecule has 2 atom stereocenters. The van der Waals surface area contributed by atoms with Crippen LogP contribution in [0.3, 0.4) is 0 Å². The van der Waals surface area contributed by atoms with Gasteiger partial charge in [0, 0.05) is 6.42 Å². The van der Waals surface area contributed by atoms with Gasteiger partial charge in [0.2, 0.25) is 0 Å². The minimum absolute atomic E-state index is 0.0328. The molecule has 0 radical (unpaired) electrons. The number of aliphatic hydroxyl groups is 1. The predicted octanol–water partition coefficient (Wildman–Crippen LogP) is 4.99. The number of carboxylic acid groups (broad SMARTS) is 1. The number of terminal acetylenes is 1. The second-order valence-corrected chi connectivity index (χ2v) is 9.29. The van der Waals surface area contributed by atoms with Gasteiger partial charge in [-0.25, -0.2) is 4.98 Å². The van der Waals surface area contributed by atoms with Crippen LogP contribution in [0.4, 0.5) is 10.2 Å². The standard InChI is InChI=1S/C14H28O2.C12H12FN5O2/c1-2-3-4-5-6-7-8-9-10-11-12-13-14(15)16;1-2-12(5-19)4-3-7(20-12)18-6-15-8-9(14)16-11(13)17-10(8)18/h2-13H2,1H3,(H,15,16);1,6-7,19H,3-5H2,(H2,14,16,17). The molecule has 3 heterocycles. The van der Waals surface area contributed by atoms with Gasteiger partial charge in [0.15, 0.2) is 22.6 Å². The van der Waals surface area contributed by atoms with Crippen molar-refractivity contribution in [2.75, 3.05) is 12.3 Å². The Bertz CT molecular complexity index is 993. The lowest BCUT2D eigenvalue weighted by atomic mass is 10.0. The number of aliphatic hydroxyl groups excluding tert-OH is 1. The first-order valence-corrected chi connectivity index (χ1v) is 13.0. The lowest BCUT2D eigenvalue weighted by Crippen LogP contribution is -2.31. The van der Waals surface area contributed by atoms with Crippen molar-refractivity contribution in [3.8, 4) is 12.3 Å². The number of aromatic nitrogens is 4. The maximum absolute atomic E-state index is 13.3. The zero-order valence-corrected chi connectivity index (χ0v) is 21.3. The first-order chi connectivity index (χ1) is 17.4. The molecule has 1 fully saturated rings. The number of hydrogen-bond acceptors (Lipinski definition) is 7. The van der Waals surface area contributed by atoms with E-state index in [1.54, 1.807) is 4.57 Å². The van der Waals surface area contributed by atoms with E-state index in [1.165, 1.54) is 64.1 Å². The van der Waals surface area contributed by atoms with E-state index in [1.807, 2.05) is 0 Å². The number of unbranched alkanes of at least 4 members (excludes halogenated alkanes) is 10. The number of ether oxygens (including phenoxy) is 1. The summed E-state index contributed by atoms with van der Waals surface area (Å²) in [6.45, 7) is 1.97. The highest BCUT2D eigenvalue weighted by atomic mass is 19.1. The zero-order chi connectivity index (χ0) is 26.4. The molecule has 0 aliphatic carbocycles. The van der Waals surface area contributed by atoms with Crippen molar-refractivity contribution < 1.29 is 24.1 Å². The number of fused-ring (bicyclic) bond motifs is 1. The highest BCUT2D eigenvalue weighted by molar-refractivity contribution is 5.81. The second-order valence-electron chi connectivity index (χ2n) is 9.29. The van der Waals surface area contributed by atoms with Crippen LogP contribution in [-0.4, -0.2) is 47.9 Å². The lowest BCUT2D eigenvalue weighted by Gasteiger charge is -2.21. The fraction of sp³-hybridized carbons (Fsp3) is 0.692. The molecule has 0 aromatic carbocycles. The third-order valence-electron chi connectivity index (χ3n) is 6.40. The second kappa shape index (κ2) is 15.4. The van der Waals surface area contributed by atoms with Crippen molar-refractivity contribution in [1.82, 2.24) is 19.5 Å². The molecule has 1 aliphatic rings. The smallest absolute Gasteiger partial charge is 0.312 e. The summed E-state index contributed by atoms with van der Waals surface area (Å²) in [7, 11) is 0. The van der Waals surface area contributed by atoms with Crippen LogP contribution in [0.25, 0.3) is 11.2 Å². The molecule has 1 saturated heterocycles. The van der Waals surface area contributed by atoms with Crippen LogP contribution in [0.15, 0.2) is 6.33 Å². The van der Waals surface area contributed by atoms with Crippen LogP contribution < -0.4 is 5.73 Å². The number of rotatable bonds is 14. The van der Waals surface area contributed by atoms with Crippen LogP contribution in [0.1, 0.15) is 103 Å². The number of carbonyl (C=O) groups is 1. The van der Waals surface area contributed by atoms with Crippen molar-refractivity contribution in [2.24, 2.45) is 0 Å². The van der Waals surface area contributed by atoms with Gasteiger partial charge < -0.3 is 20.7 Å². The number of nitrogens with zero attached hydrogens (tertiary/aromatic N) is 4. The van der Waals surface area contributed by atoms with Gasteiger partial charge in [-0.15, -0.1) is 6.42 Å². The van der Waals surface area contributed by atoms with E-state index in [-0.39, 0.29) is 18.1 Å². The summed E-state index contributed by atoms with van der Waals surface area (Å²) in [5.41, 5.74) is 5.12. The molecule has 0 saturated carbocycles. The fourth-order valence-corrected chi connectivity index (χ4v) is 4.26. The van der Waals surface area contributed by atoms with E-state index in [0.29, 0.717) is 24.8 Å². The highest BCUT2D eigenvalue weighted by Gasteiger charge is 2.39. The molecule has 0 spiro atoms. The summed E-state index contributed by atoms with van der Waals surface area (Å²) >= 11 is 0. The normalized spacial score (nSPS) is 19.1. The fourth-order valence-electron chi connectivity index (χ4n) is 4.26. The number of nitrogen functional groups attached to an aromatic ring is 1. The van der Waals surface area contributed by atoms with E-state index in [4.69, 9.17) is 22.0 Å². The summed E-state index contributed by atoms with van der Waals surface area (Å²) in [6, 6.07) is 0. The summed E-state index contributed by atoms with van der Waals surface area (Å²) in [6.07, 6.45) is 20.8. The molecule has 0 bridgehead atoms. The Balaban J connectivity index is 0.000000262. The van der Waals surface area contributed by atoms with Gasteiger partial charge in [-0.3, -0.25) is 9.36 Å². The van der Waals surface area contributed by atoms with Crippen molar-refractivity contribution >= 4 is 23.0 Å². The minimum Gasteiger partial charge on any atom is -0.481 e. The molecule has 1 aliphatic heterocycles. The van der Waals surface area contributed by atoms with Crippen LogP contribution in [0.5, 0.6) is 0 Å². The molecule has 10 heteroatoms. The highest BCUT2D eigenvalue weighted by Crippen LogP contribution is 2.37. The molecule has 3 rings (SSSR count). The first-order valence-electron chi connectivity index (χ1n) is 13.0. The predicted molar refractivity (Wildman–Crippen MR) is 136 cm³/mol. The zero-order valence-electron chi connectivity index (χ0n) is 21.3. The largest absolute Gasteiger partial charge is 0.481 e. The van der Waals surface area contributed by atoms with Gasteiger partial charge in [-0.05, 0) is 19.3 Å². The molecule has 36 heavy (non-hydrogen) atoms. The molecule has 0 amide bonds. The van der Waals surface area contributed by atoms with E-state index in [0.717, 1.165) is 12.8 Å². The van der Waals surface area contributed by atoms with Gasteiger partial charge in [-0.2, -0.15) is 14.4 Å². The molecule has 4 N–H and O–H groups in total. The van der Waals surface area contributed by atoms with E-state index in [9.17, 15) is 14.3 Å². The van der Waals surface area contributed by atoms with Gasteiger partial charge in [0.05, 0.1) is 12.9 Å². The summed E-state index contributed by atoms with van der Waals surface area (Å²) in [5.74, 6) is 1.76. The summed E-state index contributed by atoms with van der Waals surface area (Å²) in [5, 5.41) is 17.8. The Hall–Kier alpha value is -2.77. The third-order valence-corrected chi connectivity index (χ3v) is 6.40. The van der Waals surface area contributed by atoms with E-state index in [2.05, 4.69) is 27.8 Å². The SMILES string of the molecule is C#CC1(CO)CCC(n2cnc3c(N)nc(F)nc32)O1.CCCCCCCCCCCCCC(=O)O. The number of anilines is 1. The van der Waals surface area contributed by atoms with Crippen molar-refractivity contribution in [2.45, 2.75) is 109 Å². The van der Waals surface area contributed by atoms with Crippen molar-refractivity contribution in [3.63, 3.8) is 0 Å². The number of carboxylic acids is 1. The topological polar surface area (TPSA) is 136 Å². The Labute approximate surface area is 212 Å².